The Morgan fingerprint density at radius 3 is 1.40 bits per heavy atom. The van der Waals surface area contributed by atoms with Crippen LogP contribution in [-0.4, -0.2) is 34.9 Å². The molecule has 0 radical (unpaired) electrons. The topological polar surface area (TPSA) is 69.6 Å². The highest BCUT2D eigenvalue weighted by Crippen LogP contribution is 2.15. The molecule has 0 saturated carbocycles. The van der Waals surface area contributed by atoms with Crippen LogP contribution in [0.25, 0.3) is 0 Å². The second kappa shape index (κ2) is 34.4. The Bertz CT molecular complexity index is 603. The van der Waals surface area contributed by atoms with Crippen LogP contribution >= 0.6 is 0 Å². The van der Waals surface area contributed by atoms with Gasteiger partial charge in [-0.15, -0.1) is 0 Å². The summed E-state index contributed by atoms with van der Waals surface area (Å²) in [4.78, 5) is 12.3. The lowest BCUT2D eigenvalue weighted by Gasteiger charge is -2.20. The molecule has 1 amide bonds. The predicted octanol–water partition coefficient (Wildman–Crippen LogP) is 10.9. The molecule has 4 nitrogen and oxygen atoms in total. The van der Waals surface area contributed by atoms with Gasteiger partial charge in [-0.25, -0.2) is 0 Å². The van der Waals surface area contributed by atoms with Crippen molar-refractivity contribution in [2.45, 2.75) is 206 Å². The maximum absolute atomic E-state index is 12.3. The summed E-state index contributed by atoms with van der Waals surface area (Å²) in [6, 6.07) is -0.620. The van der Waals surface area contributed by atoms with Crippen LogP contribution in [0, 0.1) is 0 Å². The van der Waals surface area contributed by atoms with Crippen LogP contribution in [0.3, 0.4) is 0 Å². The summed E-state index contributed by atoms with van der Waals surface area (Å²) >= 11 is 0. The van der Waals surface area contributed by atoms with E-state index in [4.69, 9.17) is 0 Å². The number of unbranched alkanes of at least 4 members (excludes halogenated alkanes) is 24. The quantitative estimate of drug-likeness (QED) is 0.0525. The molecular formula is C38H73NO3. The highest BCUT2D eigenvalue weighted by atomic mass is 16.3. The summed E-state index contributed by atoms with van der Waals surface area (Å²) in [6.45, 7) is 4.25. The Hall–Kier alpha value is -1.13. The molecule has 0 saturated heterocycles. The molecule has 0 unspecified atom stereocenters. The third kappa shape index (κ3) is 30.3. The Morgan fingerprint density at radius 2 is 0.952 bits per heavy atom. The van der Waals surface area contributed by atoms with Crippen LogP contribution in [0.4, 0.5) is 0 Å². The fraction of sp³-hybridized carbons (Fsp3) is 0.868. The molecule has 0 heterocycles. The van der Waals surface area contributed by atoms with Gasteiger partial charge in [-0.1, -0.05) is 173 Å². The smallest absolute Gasteiger partial charge is 0.220 e. The standard InChI is InChI=1S/C38H73NO3/c1-3-5-7-9-11-13-15-17-18-19-20-22-24-26-28-30-32-34-38(42)39-36(35-40)37(41)33-31-29-27-25-23-21-16-14-12-10-8-6-4-2/h8,10,31,33,36-37,40-41H,3-7,9,11-30,32,34-35H2,1-2H3,(H,39,42)/b10-8-,33-31+/t36-,37+/m0/s1. The van der Waals surface area contributed by atoms with Gasteiger partial charge in [-0.05, 0) is 38.5 Å². The van der Waals surface area contributed by atoms with E-state index in [0.717, 1.165) is 25.7 Å². The van der Waals surface area contributed by atoms with Crippen LogP contribution in [0.15, 0.2) is 24.3 Å². The van der Waals surface area contributed by atoms with E-state index in [9.17, 15) is 15.0 Å². The molecule has 248 valence electrons. The third-order valence-corrected chi connectivity index (χ3v) is 8.41. The van der Waals surface area contributed by atoms with Crippen molar-refractivity contribution in [2.24, 2.45) is 0 Å². The molecule has 2 atom stereocenters. The number of allylic oxidation sites excluding steroid dienone is 3. The van der Waals surface area contributed by atoms with Gasteiger partial charge in [0.15, 0.2) is 0 Å². The summed E-state index contributed by atoms with van der Waals surface area (Å²) in [6.07, 6.45) is 42.6. The Morgan fingerprint density at radius 1 is 0.548 bits per heavy atom. The van der Waals surface area contributed by atoms with Crippen LogP contribution in [-0.2, 0) is 4.79 Å². The number of rotatable bonds is 33. The maximum atomic E-state index is 12.3. The van der Waals surface area contributed by atoms with Crippen molar-refractivity contribution in [1.29, 1.82) is 0 Å². The van der Waals surface area contributed by atoms with E-state index in [2.05, 4.69) is 31.3 Å². The summed E-state index contributed by atoms with van der Waals surface area (Å²) in [5.41, 5.74) is 0. The van der Waals surface area contributed by atoms with Gasteiger partial charge >= 0.3 is 0 Å². The molecule has 0 aromatic carbocycles. The molecule has 0 rings (SSSR count). The molecule has 0 aromatic heterocycles. The predicted molar refractivity (Wildman–Crippen MR) is 184 cm³/mol. The molecule has 3 N–H and O–H groups in total. The van der Waals surface area contributed by atoms with Crippen molar-refractivity contribution in [3.63, 3.8) is 0 Å². The number of hydrogen-bond donors (Lipinski definition) is 3. The zero-order chi connectivity index (χ0) is 30.8. The highest BCUT2D eigenvalue weighted by molar-refractivity contribution is 5.76. The van der Waals surface area contributed by atoms with Crippen molar-refractivity contribution in [2.75, 3.05) is 6.61 Å². The van der Waals surface area contributed by atoms with E-state index < -0.39 is 12.1 Å². The Labute approximate surface area is 262 Å². The van der Waals surface area contributed by atoms with Crippen molar-refractivity contribution in [1.82, 2.24) is 5.32 Å². The Kier molecular flexibility index (Phi) is 33.4. The minimum Gasteiger partial charge on any atom is -0.394 e. The van der Waals surface area contributed by atoms with Gasteiger partial charge < -0.3 is 15.5 Å². The first-order valence-electron chi connectivity index (χ1n) is 18.6. The van der Waals surface area contributed by atoms with E-state index in [-0.39, 0.29) is 12.5 Å². The van der Waals surface area contributed by atoms with E-state index in [1.807, 2.05) is 6.08 Å². The van der Waals surface area contributed by atoms with E-state index in [0.29, 0.717) is 6.42 Å². The normalized spacial score (nSPS) is 13.3. The number of aliphatic hydroxyl groups is 2. The van der Waals surface area contributed by atoms with Crippen molar-refractivity contribution in [3.05, 3.63) is 24.3 Å². The summed E-state index contributed by atoms with van der Waals surface area (Å²) in [7, 11) is 0. The molecule has 0 aliphatic heterocycles. The van der Waals surface area contributed by atoms with Gasteiger partial charge in [0, 0.05) is 6.42 Å². The van der Waals surface area contributed by atoms with Gasteiger partial charge in [0.1, 0.15) is 0 Å². The summed E-state index contributed by atoms with van der Waals surface area (Å²) in [5, 5.41) is 22.9. The van der Waals surface area contributed by atoms with Crippen molar-refractivity contribution < 1.29 is 15.0 Å². The first-order valence-corrected chi connectivity index (χ1v) is 18.6. The molecule has 0 bridgehead atoms. The van der Waals surface area contributed by atoms with Crippen LogP contribution < -0.4 is 5.32 Å². The minimum absolute atomic E-state index is 0.0664. The lowest BCUT2D eigenvalue weighted by Crippen LogP contribution is -2.45. The van der Waals surface area contributed by atoms with Gasteiger partial charge in [0.25, 0.3) is 0 Å². The lowest BCUT2D eigenvalue weighted by atomic mass is 10.0. The number of carbonyl (C=O) groups is 1. The average Bonchev–Trinajstić information content (AvgIpc) is 2.99. The zero-order valence-electron chi connectivity index (χ0n) is 28.3. The fourth-order valence-electron chi connectivity index (χ4n) is 5.53. The number of aliphatic hydroxyl groups excluding tert-OH is 2. The first kappa shape index (κ1) is 40.9. The number of hydrogen-bond acceptors (Lipinski definition) is 3. The largest absolute Gasteiger partial charge is 0.394 e. The van der Waals surface area contributed by atoms with E-state index >= 15 is 0 Å². The van der Waals surface area contributed by atoms with Gasteiger partial charge in [-0.3, -0.25) is 4.79 Å². The fourth-order valence-corrected chi connectivity index (χ4v) is 5.53. The summed E-state index contributed by atoms with van der Waals surface area (Å²) in [5.74, 6) is -0.0664. The monoisotopic (exact) mass is 592 g/mol. The van der Waals surface area contributed by atoms with E-state index in [1.165, 1.54) is 148 Å². The minimum atomic E-state index is -0.838. The maximum Gasteiger partial charge on any atom is 0.220 e. The molecule has 0 spiro atoms. The van der Waals surface area contributed by atoms with Gasteiger partial charge in [0.2, 0.25) is 5.91 Å². The Balaban J connectivity index is 3.59. The van der Waals surface area contributed by atoms with Gasteiger partial charge in [0.05, 0.1) is 18.8 Å². The summed E-state index contributed by atoms with van der Waals surface area (Å²) < 4.78 is 0. The number of nitrogens with one attached hydrogen (secondary N) is 1. The zero-order valence-corrected chi connectivity index (χ0v) is 28.3. The van der Waals surface area contributed by atoms with Crippen molar-refractivity contribution in [3.8, 4) is 0 Å². The van der Waals surface area contributed by atoms with Crippen molar-refractivity contribution >= 4 is 5.91 Å². The SMILES string of the molecule is CCC/C=C\CCCCCCCC/C=C/[C@@H](O)[C@H](CO)NC(=O)CCCCCCCCCCCCCCCCCCC. The lowest BCUT2D eigenvalue weighted by molar-refractivity contribution is -0.123. The highest BCUT2D eigenvalue weighted by Gasteiger charge is 2.17. The molecule has 42 heavy (non-hydrogen) atoms. The van der Waals surface area contributed by atoms with Crippen LogP contribution in [0.1, 0.15) is 194 Å². The molecule has 0 fully saturated rings. The van der Waals surface area contributed by atoms with Crippen LogP contribution in [0.2, 0.25) is 0 Å². The molecule has 4 heteroatoms. The second-order valence-corrected chi connectivity index (χ2v) is 12.6. The van der Waals surface area contributed by atoms with Crippen LogP contribution in [0.5, 0.6) is 0 Å². The number of carbonyl (C=O) groups excluding carboxylic acids is 1. The number of amides is 1. The second-order valence-electron chi connectivity index (χ2n) is 12.6. The molecule has 0 aliphatic rings. The average molecular weight is 592 g/mol. The molecular weight excluding hydrogens is 518 g/mol. The van der Waals surface area contributed by atoms with Gasteiger partial charge in [-0.2, -0.15) is 0 Å². The molecule has 0 aliphatic carbocycles. The third-order valence-electron chi connectivity index (χ3n) is 8.41. The van der Waals surface area contributed by atoms with E-state index in [1.54, 1.807) is 6.08 Å². The molecule has 0 aromatic rings. The first-order chi connectivity index (χ1) is 20.7.